The van der Waals surface area contributed by atoms with E-state index in [1.807, 2.05) is 6.26 Å². The molecule has 114 valence electrons. The van der Waals surface area contributed by atoms with Gasteiger partial charge in [0, 0.05) is 17.7 Å². The van der Waals surface area contributed by atoms with Gasteiger partial charge in [-0.3, -0.25) is 4.79 Å². The van der Waals surface area contributed by atoms with E-state index in [0.717, 1.165) is 23.2 Å². The first-order valence-corrected chi connectivity index (χ1v) is 8.09. The molecule has 4 nitrogen and oxygen atoms in total. The van der Waals surface area contributed by atoms with Crippen molar-refractivity contribution in [3.63, 3.8) is 0 Å². The van der Waals surface area contributed by atoms with Gasteiger partial charge in [0.25, 0.3) is 5.91 Å². The van der Waals surface area contributed by atoms with Gasteiger partial charge in [-0.1, -0.05) is 0 Å². The predicted octanol–water partition coefficient (Wildman–Crippen LogP) is 2.99. The van der Waals surface area contributed by atoms with Crippen molar-refractivity contribution in [2.45, 2.75) is 6.18 Å². The Morgan fingerprint density at radius 2 is 2.19 bits per heavy atom. The summed E-state index contributed by atoms with van der Waals surface area (Å²) >= 11 is 2.44. The number of alkyl halides is 3. The molecule has 0 aliphatic rings. The number of thioether (sulfide) groups is 1. The first-order valence-electron chi connectivity index (χ1n) is 5.88. The quantitative estimate of drug-likeness (QED) is 0.843. The highest BCUT2D eigenvalue weighted by molar-refractivity contribution is 7.98. The number of rotatable bonds is 4. The van der Waals surface area contributed by atoms with Gasteiger partial charge in [0.1, 0.15) is 15.4 Å². The highest BCUT2D eigenvalue weighted by atomic mass is 32.2. The van der Waals surface area contributed by atoms with E-state index in [2.05, 4.69) is 10.3 Å². The number of nitrogens with two attached hydrogens (primary N) is 1. The minimum atomic E-state index is -4.52. The Morgan fingerprint density at radius 1 is 1.48 bits per heavy atom. The van der Waals surface area contributed by atoms with Crippen LogP contribution in [0, 0.1) is 0 Å². The number of carbonyl (C=O) groups excluding carboxylic acids is 1. The van der Waals surface area contributed by atoms with Crippen LogP contribution in [-0.2, 0) is 6.18 Å². The van der Waals surface area contributed by atoms with Crippen molar-refractivity contribution in [1.29, 1.82) is 0 Å². The van der Waals surface area contributed by atoms with Crippen molar-refractivity contribution >= 4 is 44.9 Å². The molecular formula is C12H12F3N3OS2. The Labute approximate surface area is 126 Å². The summed E-state index contributed by atoms with van der Waals surface area (Å²) in [5.41, 5.74) is 5.00. The summed E-state index contributed by atoms with van der Waals surface area (Å²) in [5, 5.41) is 3.03. The predicted molar refractivity (Wildman–Crippen MR) is 79.7 cm³/mol. The van der Waals surface area contributed by atoms with Gasteiger partial charge in [0.15, 0.2) is 0 Å². The number of hydrogen-bond donors (Lipinski definition) is 2. The zero-order valence-electron chi connectivity index (χ0n) is 11.0. The molecule has 0 aliphatic heterocycles. The monoisotopic (exact) mass is 335 g/mol. The lowest BCUT2D eigenvalue weighted by molar-refractivity contribution is -0.140. The Morgan fingerprint density at radius 3 is 2.81 bits per heavy atom. The number of nitrogens with zero attached hydrogens (tertiary/aromatic N) is 1. The molecule has 2 rings (SSSR count). The Balaban J connectivity index is 2.34. The molecule has 0 radical (unpaired) electrons. The average molecular weight is 335 g/mol. The second kappa shape index (κ2) is 6.10. The van der Waals surface area contributed by atoms with E-state index in [4.69, 9.17) is 5.73 Å². The number of hydrogen-bond acceptors (Lipinski definition) is 5. The minimum Gasteiger partial charge on any atom is -0.397 e. The van der Waals surface area contributed by atoms with Gasteiger partial charge in [0.05, 0.1) is 5.69 Å². The summed E-state index contributed by atoms with van der Waals surface area (Å²) in [4.78, 5) is 15.8. The van der Waals surface area contributed by atoms with Gasteiger partial charge in [-0.15, -0.1) is 11.3 Å². The molecule has 0 fully saturated rings. The summed E-state index contributed by atoms with van der Waals surface area (Å²) in [6.45, 7) is 0.467. The normalized spacial score (nSPS) is 11.8. The van der Waals surface area contributed by atoms with Crippen molar-refractivity contribution in [2.75, 3.05) is 24.3 Å². The molecule has 9 heteroatoms. The van der Waals surface area contributed by atoms with E-state index in [1.54, 1.807) is 11.8 Å². The fourth-order valence-electron chi connectivity index (χ4n) is 1.67. The third-order valence-corrected chi connectivity index (χ3v) is 4.41. The molecule has 0 saturated carbocycles. The number of amides is 1. The molecule has 2 heterocycles. The van der Waals surface area contributed by atoms with E-state index in [1.165, 1.54) is 6.07 Å². The molecule has 0 aromatic carbocycles. The van der Waals surface area contributed by atoms with E-state index < -0.39 is 17.8 Å². The largest absolute Gasteiger partial charge is 0.433 e. The van der Waals surface area contributed by atoms with Crippen LogP contribution in [0.15, 0.2) is 12.1 Å². The number of carbonyl (C=O) groups is 1. The van der Waals surface area contributed by atoms with Crippen molar-refractivity contribution in [3.05, 3.63) is 22.7 Å². The molecule has 2 aromatic heterocycles. The molecule has 0 atom stereocenters. The molecule has 0 saturated heterocycles. The molecule has 1 amide bonds. The molecule has 0 spiro atoms. The Hall–Kier alpha value is -1.48. The number of nitrogens with one attached hydrogen (secondary N) is 1. The first-order chi connectivity index (χ1) is 9.84. The van der Waals surface area contributed by atoms with E-state index in [-0.39, 0.29) is 15.4 Å². The van der Waals surface area contributed by atoms with Gasteiger partial charge in [-0.2, -0.15) is 24.9 Å². The van der Waals surface area contributed by atoms with Crippen LogP contribution in [0.2, 0.25) is 0 Å². The molecular weight excluding hydrogens is 323 g/mol. The summed E-state index contributed by atoms with van der Waals surface area (Å²) in [7, 11) is 0. The van der Waals surface area contributed by atoms with Crippen molar-refractivity contribution in [3.8, 4) is 0 Å². The second-order valence-electron chi connectivity index (χ2n) is 4.14. The standard InChI is InChI=1S/C12H12F3N3OS2/c1-20-5-4-17-10(19)9-8(16)6-2-3-7(12(13,14)15)18-11(6)21-9/h2-3H,4-5,16H2,1H3,(H,17,19). The third kappa shape index (κ3) is 3.41. The van der Waals surface area contributed by atoms with Crippen molar-refractivity contribution < 1.29 is 18.0 Å². The lowest BCUT2D eigenvalue weighted by atomic mass is 10.2. The van der Waals surface area contributed by atoms with Crippen LogP contribution in [0.25, 0.3) is 10.2 Å². The van der Waals surface area contributed by atoms with Gasteiger partial charge in [-0.25, -0.2) is 4.98 Å². The number of fused-ring (bicyclic) bond motifs is 1. The Kier molecular flexibility index (Phi) is 4.62. The highest BCUT2D eigenvalue weighted by Crippen LogP contribution is 2.35. The lowest BCUT2D eigenvalue weighted by Gasteiger charge is -2.04. The summed E-state index contributed by atoms with van der Waals surface area (Å²) in [6.07, 6.45) is -2.61. The van der Waals surface area contributed by atoms with Crippen LogP contribution >= 0.6 is 23.1 Å². The minimum absolute atomic E-state index is 0.109. The zero-order valence-corrected chi connectivity index (χ0v) is 12.6. The molecule has 3 N–H and O–H groups in total. The maximum absolute atomic E-state index is 12.6. The Bertz CT molecular complexity index is 670. The number of anilines is 1. The second-order valence-corrected chi connectivity index (χ2v) is 6.13. The van der Waals surface area contributed by atoms with E-state index in [9.17, 15) is 18.0 Å². The SMILES string of the molecule is CSCCNC(=O)c1sc2nc(C(F)(F)F)ccc2c1N. The molecule has 0 aliphatic carbocycles. The number of halogens is 3. The smallest absolute Gasteiger partial charge is 0.397 e. The highest BCUT2D eigenvalue weighted by Gasteiger charge is 2.33. The number of thiophene rings is 1. The maximum atomic E-state index is 12.6. The van der Waals surface area contributed by atoms with E-state index in [0.29, 0.717) is 11.9 Å². The third-order valence-electron chi connectivity index (χ3n) is 2.68. The van der Waals surface area contributed by atoms with Gasteiger partial charge in [0.2, 0.25) is 0 Å². The summed E-state index contributed by atoms with van der Waals surface area (Å²) in [5.74, 6) is 0.352. The fourth-order valence-corrected chi connectivity index (χ4v) is 2.99. The van der Waals surface area contributed by atoms with Crippen LogP contribution < -0.4 is 11.1 Å². The number of pyridine rings is 1. The summed E-state index contributed by atoms with van der Waals surface area (Å²) in [6, 6.07) is 2.11. The van der Waals surface area contributed by atoms with Crippen LogP contribution in [0.4, 0.5) is 18.9 Å². The van der Waals surface area contributed by atoms with Crippen LogP contribution in [-0.4, -0.2) is 29.4 Å². The van der Waals surface area contributed by atoms with Crippen molar-refractivity contribution in [2.24, 2.45) is 0 Å². The fraction of sp³-hybridized carbons (Fsp3) is 0.333. The van der Waals surface area contributed by atoms with Gasteiger partial charge in [-0.05, 0) is 18.4 Å². The average Bonchev–Trinajstić information content (AvgIpc) is 2.75. The summed E-state index contributed by atoms with van der Waals surface area (Å²) < 4.78 is 37.8. The van der Waals surface area contributed by atoms with Crippen molar-refractivity contribution in [1.82, 2.24) is 10.3 Å². The molecule has 21 heavy (non-hydrogen) atoms. The number of nitrogen functional groups attached to an aromatic ring is 1. The van der Waals surface area contributed by atoms with Gasteiger partial charge < -0.3 is 11.1 Å². The molecule has 2 aromatic rings. The molecule has 0 unspecified atom stereocenters. The topological polar surface area (TPSA) is 68.0 Å². The lowest BCUT2D eigenvalue weighted by Crippen LogP contribution is -2.25. The maximum Gasteiger partial charge on any atom is 0.433 e. The molecule has 0 bridgehead atoms. The number of aromatic nitrogens is 1. The van der Waals surface area contributed by atoms with Crippen LogP contribution in [0.3, 0.4) is 0 Å². The van der Waals surface area contributed by atoms with Gasteiger partial charge >= 0.3 is 6.18 Å². The van der Waals surface area contributed by atoms with E-state index >= 15 is 0 Å². The zero-order chi connectivity index (χ0) is 15.6. The van der Waals surface area contributed by atoms with Crippen LogP contribution in [0.5, 0.6) is 0 Å². The van der Waals surface area contributed by atoms with Crippen LogP contribution in [0.1, 0.15) is 15.4 Å². The first kappa shape index (κ1) is 15.9.